The van der Waals surface area contributed by atoms with Crippen molar-refractivity contribution in [1.29, 1.82) is 0 Å². The molecule has 2 unspecified atom stereocenters. The smallest absolute Gasteiger partial charge is 0.305 e. The van der Waals surface area contributed by atoms with Crippen molar-refractivity contribution in [1.82, 2.24) is 0 Å². The summed E-state index contributed by atoms with van der Waals surface area (Å²) in [4.78, 5) is 23.1. The lowest BCUT2D eigenvalue weighted by Gasteiger charge is -2.57. The van der Waals surface area contributed by atoms with Gasteiger partial charge < -0.3 is 9.47 Å². The highest BCUT2D eigenvalue weighted by molar-refractivity contribution is 5.69. The number of methoxy groups -OCH3 is 1. The molecular weight excluding hydrogens is 388 g/mol. The van der Waals surface area contributed by atoms with Gasteiger partial charge in [0.1, 0.15) is 6.10 Å². The van der Waals surface area contributed by atoms with Crippen molar-refractivity contribution < 1.29 is 19.1 Å². The average molecular weight is 429 g/mol. The Hall–Kier alpha value is -1.58. The predicted molar refractivity (Wildman–Crippen MR) is 121 cm³/mol. The Morgan fingerprint density at radius 1 is 1.16 bits per heavy atom. The quantitative estimate of drug-likeness (QED) is 0.398. The minimum Gasteiger partial charge on any atom is -0.469 e. The van der Waals surface area contributed by atoms with Crippen LogP contribution in [0.2, 0.25) is 0 Å². The van der Waals surface area contributed by atoms with Gasteiger partial charge in [-0.15, -0.1) is 0 Å². The van der Waals surface area contributed by atoms with Crippen LogP contribution in [-0.2, 0) is 19.1 Å². The van der Waals surface area contributed by atoms with E-state index in [1.807, 2.05) is 0 Å². The fourth-order valence-electron chi connectivity index (χ4n) is 7.80. The van der Waals surface area contributed by atoms with Gasteiger partial charge >= 0.3 is 11.9 Å². The Balaban J connectivity index is 1.50. The fraction of sp³-hybridized carbons (Fsp3) is 0.778. The van der Waals surface area contributed by atoms with Crippen LogP contribution in [0.25, 0.3) is 0 Å². The third-order valence-electron chi connectivity index (χ3n) is 9.49. The van der Waals surface area contributed by atoms with E-state index in [0.29, 0.717) is 30.1 Å². The van der Waals surface area contributed by atoms with Crippen molar-refractivity contribution in [2.75, 3.05) is 7.11 Å². The summed E-state index contributed by atoms with van der Waals surface area (Å²) in [6.07, 6.45) is 14.6. The van der Waals surface area contributed by atoms with Gasteiger partial charge in [0.15, 0.2) is 0 Å². The summed E-state index contributed by atoms with van der Waals surface area (Å²) >= 11 is 0. The van der Waals surface area contributed by atoms with Crippen molar-refractivity contribution in [3.8, 4) is 0 Å². The summed E-state index contributed by atoms with van der Waals surface area (Å²) in [6, 6.07) is 0. The summed E-state index contributed by atoms with van der Waals surface area (Å²) in [5.74, 6) is 2.17. The monoisotopic (exact) mass is 428 g/mol. The molecule has 7 atom stereocenters. The lowest BCUT2D eigenvalue weighted by molar-refractivity contribution is -0.151. The van der Waals surface area contributed by atoms with E-state index in [-0.39, 0.29) is 28.9 Å². The van der Waals surface area contributed by atoms with Gasteiger partial charge in [-0.2, -0.15) is 0 Å². The van der Waals surface area contributed by atoms with Crippen molar-refractivity contribution in [3.63, 3.8) is 0 Å². The zero-order valence-electron chi connectivity index (χ0n) is 20.0. The molecule has 4 nitrogen and oxygen atoms in total. The molecule has 0 aromatic rings. The number of rotatable bonds is 5. The molecule has 4 aliphatic rings. The molecule has 31 heavy (non-hydrogen) atoms. The number of carbonyl (C=O) groups is 2. The SMILES string of the molecule is COC(=O)CC[C@@H](C)C1=CCC2C3CC[C@@H]4C[C@@H](OC(C)=O)CC[C@]4(C)C3=CC[C@]12C. The Labute approximate surface area is 187 Å². The topological polar surface area (TPSA) is 52.6 Å². The van der Waals surface area contributed by atoms with E-state index < -0.39 is 0 Å². The standard InChI is InChI=1S/C27H40O4/c1-17(6-11-25(29)30-5)22-9-10-23-21-8-7-19-16-20(31-18(2)28)12-14-26(19,3)24(21)13-15-27(22,23)4/h9,13,17,19-21,23H,6-8,10-12,14-16H2,1-5H3/t17-,19-,20+,21?,23?,26+,27-/m1/s1. The summed E-state index contributed by atoms with van der Waals surface area (Å²) in [5, 5.41) is 0. The first-order valence-electron chi connectivity index (χ1n) is 12.3. The van der Waals surface area contributed by atoms with E-state index in [9.17, 15) is 9.59 Å². The maximum absolute atomic E-state index is 11.7. The number of fused-ring (bicyclic) bond motifs is 5. The van der Waals surface area contributed by atoms with Gasteiger partial charge in [0.25, 0.3) is 0 Å². The Morgan fingerprint density at radius 3 is 2.65 bits per heavy atom. The van der Waals surface area contributed by atoms with Gasteiger partial charge in [0, 0.05) is 13.3 Å². The molecule has 0 amide bonds. The largest absolute Gasteiger partial charge is 0.469 e. The molecule has 0 saturated heterocycles. The predicted octanol–water partition coefficient (Wildman–Crippen LogP) is 6.01. The molecule has 0 aromatic carbocycles. The zero-order chi connectivity index (χ0) is 22.4. The molecule has 0 heterocycles. The van der Waals surface area contributed by atoms with E-state index in [0.717, 1.165) is 32.1 Å². The summed E-state index contributed by atoms with van der Waals surface area (Å²) in [6.45, 7) is 8.79. The van der Waals surface area contributed by atoms with Crippen LogP contribution in [0, 0.1) is 34.5 Å². The Morgan fingerprint density at radius 2 is 1.94 bits per heavy atom. The van der Waals surface area contributed by atoms with E-state index in [1.54, 1.807) is 11.1 Å². The van der Waals surface area contributed by atoms with Crippen molar-refractivity contribution in [2.24, 2.45) is 34.5 Å². The number of hydrogen-bond acceptors (Lipinski definition) is 4. The van der Waals surface area contributed by atoms with Crippen LogP contribution in [0.1, 0.15) is 85.5 Å². The van der Waals surface area contributed by atoms with Crippen molar-refractivity contribution in [2.45, 2.75) is 91.6 Å². The van der Waals surface area contributed by atoms with Gasteiger partial charge in [-0.05, 0) is 85.9 Å². The molecule has 0 aliphatic heterocycles. The molecule has 0 radical (unpaired) electrons. The van der Waals surface area contributed by atoms with Crippen molar-refractivity contribution >= 4 is 11.9 Å². The van der Waals surface area contributed by atoms with Crippen LogP contribution in [-0.4, -0.2) is 25.2 Å². The number of carbonyl (C=O) groups excluding carboxylic acids is 2. The first-order valence-corrected chi connectivity index (χ1v) is 12.3. The number of esters is 2. The van der Waals surface area contributed by atoms with E-state index in [2.05, 4.69) is 32.9 Å². The van der Waals surface area contributed by atoms with Crippen molar-refractivity contribution in [3.05, 3.63) is 23.3 Å². The number of ether oxygens (including phenoxy) is 2. The van der Waals surface area contributed by atoms with Crippen LogP contribution in [0.4, 0.5) is 0 Å². The minimum absolute atomic E-state index is 0.103. The maximum atomic E-state index is 11.7. The van der Waals surface area contributed by atoms with Crippen LogP contribution >= 0.6 is 0 Å². The van der Waals surface area contributed by atoms with Crippen LogP contribution in [0.15, 0.2) is 23.3 Å². The van der Waals surface area contributed by atoms with Gasteiger partial charge in [-0.25, -0.2) is 0 Å². The number of hydrogen-bond donors (Lipinski definition) is 0. The van der Waals surface area contributed by atoms with Crippen LogP contribution < -0.4 is 0 Å². The Kier molecular flexibility index (Phi) is 6.13. The van der Waals surface area contributed by atoms with Gasteiger partial charge in [0.05, 0.1) is 7.11 Å². The molecular formula is C27H40O4. The van der Waals surface area contributed by atoms with E-state index in [4.69, 9.17) is 9.47 Å². The molecule has 2 saturated carbocycles. The molecule has 0 N–H and O–H groups in total. The fourth-order valence-corrected chi connectivity index (χ4v) is 7.80. The molecule has 0 spiro atoms. The molecule has 4 aliphatic carbocycles. The Bertz CT molecular complexity index is 795. The highest BCUT2D eigenvalue weighted by atomic mass is 16.5. The molecule has 0 bridgehead atoms. The van der Waals surface area contributed by atoms with Gasteiger partial charge in [-0.3, -0.25) is 9.59 Å². The molecule has 0 aromatic heterocycles. The van der Waals surface area contributed by atoms with Crippen LogP contribution in [0.5, 0.6) is 0 Å². The highest BCUT2D eigenvalue weighted by Gasteiger charge is 2.55. The zero-order valence-corrected chi connectivity index (χ0v) is 20.0. The molecule has 4 heteroatoms. The summed E-state index contributed by atoms with van der Waals surface area (Å²) < 4.78 is 10.5. The third-order valence-corrected chi connectivity index (χ3v) is 9.49. The molecule has 4 rings (SSSR count). The summed E-state index contributed by atoms with van der Waals surface area (Å²) in [5.41, 5.74) is 3.77. The first-order chi connectivity index (χ1) is 14.7. The normalized spacial score (nSPS) is 39.9. The summed E-state index contributed by atoms with van der Waals surface area (Å²) in [7, 11) is 1.48. The van der Waals surface area contributed by atoms with E-state index in [1.165, 1.54) is 33.3 Å². The minimum atomic E-state index is -0.138. The average Bonchev–Trinajstić information content (AvgIpc) is 3.09. The lowest BCUT2D eigenvalue weighted by atomic mass is 9.48. The van der Waals surface area contributed by atoms with Gasteiger partial charge in [-0.1, -0.05) is 44.1 Å². The second-order valence-corrected chi connectivity index (χ2v) is 11.1. The first kappa shape index (κ1) is 22.6. The second-order valence-electron chi connectivity index (χ2n) is 11.1. The van der Waals surface area contributed by atoms with Gasteiger partial charge in [0.2, 0.25) is 0 Å². The van der Waals surface area contributed by atoms with Crippen LogP contribution in [0.3, 0.4) is 0 Å². The lowest BCUT2D eigenvalue weighted by Crippen LogP contribution is -2.48. The number of allylic oxidation sites excluding steroid dienone is 4. The highest BCUT2D eigenvalue weighted by Crippen LogP contribution is 2.65. The third kappa shape index (κ3) is 3.89. The maximum Gasteiger partial charge on any atom is 0.305 e. The second kappa shape index (κ2) is 8.41. The molecule has 2 fully saturated rings. The van der Waals surface area contributed by atoms with E-state index >= 15 is 0 Å². The molecule has 172 valence electrons.